The smallest absolute Gasteiger partial charge is 0.244 e. The highest BCUT2D eigenvalue weighted by Gasteiger charge is 2.14. The standard InChI is InChI=1S/C18H24N2O2S/c21-18(19-16-7-13-23-14-8-16)6-3-15-1-4-17(5-2-15)20-9-11-22-12-10-20/h1-6,16H,7-14H2,(H,19,21). The summed E-state index contributed by atoms with van der Waals surface area (Å²) < 4.78 is 5.37. The van der Waals surface area contributed by atoms with Crippen LogP contribution in [0.2, 0.25) is 0 Å². The summed E-state index contributed by atoms with van der Waals surface area (Å²) in [5.41, 5.74) is 2.27. The number of nitrogens with one attached hydrogen (secondary N) is 1. The minimum absolute atomic E-state index is 0.0131. The maximum Gasteiger partial charge on any atom is 0.244 e. The van der Waals surface area contributed by atoms with Gasteiger partial charge in [0.25, 0.3) is 0 Å². The molecule has 5 heteroatoms. The Morgan fingerprint density at radius 1 is 1.17 bits per heavy atom. The quantitative estimate of drug-likeness (QED) is 0.861. The van der Waals surface area contributed by atoms with Crippen LogP contribution in [0.4, 0.5) is 5.69 Å². The van der Waals surface area contributed by atoms with Crippen molar-refractivity contribution >= 4 is 29.4 Å². The van der Waals surface area contributed by atoms with Crippen LogP contribution in [0.3, 0.4) is 0 Å². The number of morpholine rings is 1. The average molecular weight is 332 g/mol. The largest absolute Gasteiger partial charge is 0.378 e. The molecule has 1 aromatic rings. The Labute approximate surface area is 142 Å². The number of thioether (sulfide) groups is 1. The van der Waals surface area contributed by atoms with Gasteiger partial charge in [-0.1, -0.05) is 12.1 Å². The molecule has 2 fully saturated rings. The number of hydrogen-bond donors (Lipinski definition) is 1. The van der Waals surface area contributed by atoms with Crippen LogP contribution in [0, 0.1) is 0 Å². The van der Waals surface area contributed by atoms with Crippen LogP contribution < -0.4 is 10.2 Å². The number of ether oxygens (including phenoxy) is 1. The number of hydrogen-bond acceptors (Lipinski definition) is 4. The van der Waals surface area contributed by atoms with Crippen LogP contribution in [-0.4, -0.2) is 49.8 Å². The maximum absolute atomic E-state index is 12.0. The summed E-state index contributed by atoms with van der Waals surface area (Å²) in [7, 11) is 0. The zero-order valence-electron chi connectivity index (χ0n) is 13.4. The third kappa shape index (κ3) is 5.01. The van der Waals surface area contributed by atoms with E-state index in [1.54, 1.807) is 6.08 Å². The molecule has 1 aromatic carbocycles. The molecule has 0 bridgehead atoms. The molecular formula is C18H24N2O2S. The summed E-state index contributed by atoms with van der Waals surface area (Å²) in [4.78, 5) is 14.3. The van der Waals surface area contributed by atoms with Crippen LogP contribution in [-0.2, 0) is 9.53 Å². The normalized spacial score (nSPS) is 19.9. The highest BCUT2D eigenvalue weighted by atomic mass is 32.2. The summed E-state index contributed by atoms with van der Waals surface area (Å²) in [5, 5.41) is 3.09. The molecule has 0 aromatic heterocycles. The monoisotopic (exact) mass is 332 g/mol. The summed E-state index contributed by atoms with van der Waals surface area (Å²) in [6, 6.07) is 8.69. The molecule has 0 saturated carbocycles. The Kier molecular flexibility index (Phi) is 6.00. The fourth-order valence-electron chi connectivity index (χ4n) is 2.88. The molecule has 0 aliphatic carbocycles. The fourth-order valence-corrected chi connectivity index (χ4v) is 3.99. The molecule has 1 N–H and O–H groups in total. The number of amides is 1. The first kappa shape index (κ1) is 16.4. The van der Waals surface area contributed by atoms with Gasteiger partial charge in [0.15, 0.2) is 0 Å². The molecule has 124 valence electrons. The minimum Gasteiger partial charge on any atom is -0.378 e. The van der Waals surface area contributed by atoms with Gasteiger partial charge >= 0.3 is 0 Å². The molecule has 0 atom stereocenters. The van der Waals surface area contributed by atoms with Crippen molar-refractivity contribution in [3.05, 3.63) is 35.9 Å². The van der Waals surface area contributed by atoms with E-state index in [0.29, 0.717) is 6.04 Å². The molecule has 2 saturated heterocycles. The van der Waals surface area contributed by atoms with Crippen LogP contribution >= 0.6 is 11.8 Å². The first-order chi connectivity index (χ1) is 11.3. The summed E-state index contributed by atoms with van der Waals surface area (Å²) >= 11 is 1.97. The number of rotatable bonds is 4. The van der Waals surface area contributed by atoms with Gasteiger partial charge in [0.2, 0.25) is 5.91 Å². The lowest BCUT2D eigenvalue weighted by atomic mass is 10.1. The second-order valence-electron chi connectivity index (χ2n) is 5.92. The molecule has 23 heavy (non-hydrogen) atoms. The minimum atomic E-state index is 0.0131. The van der Waals surface area contributed by atoms with E-state index in [-0.39, 0.29) is 5.91 Å². The molecule has 2 aliphatic rings. The van der Waals surface area contributed by atoms with Gasteiger partial charge in [-0.2, -0.15) is 11.8 Å². The van der Waals surface area contributed by atoms with Gasteiger partial charge in [0.05, 0.1) is 13.2 Å². The second-order valence-corrected chi connectivity index (χ2v) is 7.14. The van der Waals surface area contributed by atoms with Gasteiger partial charge in [-0.15, -0.1) is 0 Å². The molecule has 2 aliphatic heterocycles. The predicted octanol–water partition coefficient (Wildman–Crippen LogP) is 2.55. The van der Waals surface area contributed by atoms with Crippen molar-refractivity contribution in [1.82, 2.24) is 5.32 Å². The Balaban J connectivity index is 1.51. The van der Waals surface area contributed by atoms with E-state index < -0.39 is 0 Å². The molecule has 0 spiro atoms. The Bertz CT molecular complexity index is 532. The van der Waals surface area contributed by atoms with Crippen molar-refractivity contribution in [2.75, 3.05) is 42.7 Å². The summed E-state index contributed by atoms with van der Waals surface area (Å²) in [5.74, 6) is 2.31. The van der Waals surface area contributed by atoms with Crippen molar-refractivity contribution in [2.45, 2.75) is 18.9 Å². The fraction of sp³-hybridized carbons (Fsp3) is 0.500. The first-order valence-electron chi connectivity index (χ1n) is 8.30. The van der Waals surface area contributed by atoms with E-state index in [2.05, 4.69) is 34.5 Å². The Hall–Kier alpha value is -1.46. The van der Waals surface area contributed by atoms with Gasteiger partial charge in [-0.05, 0) is 48.1 Å². The van der Waals surface area contributed by atoms with Crippen molar-refractivity contribution in [3.8, 4) is 0 Å². The third-order valence-corrected chi connectivity index (χ3v) is 5.31. The second kappa shape index (κ2) is 8.41. The van der Waals surface area contributed by atoms with E-state index in [1.165, 1.54) is 5.69 Å². The lowest BCUT2D eigenvalue weighted by Gasteiger charge is -2.28. The third-order valence-electron chi connectivity index (χ3n) is 4.26. The highest BCUT2D eigenvalue weighted by molar-refractivity contribution is 7.99. The van der Waals surface area contributed by atoms with Crippen LogP contribution in [0.15, 0.2) is 30.3 Å². The van der Waals surface area contributed by atoms with E-state index in [9.17, 15) is 4.79 Å². The number of anilines is 1. The molecule has 0 radical (unpaired) electrons. The number of carbonyl (C=O) groups is 1. The van der Waals surface area contributed by atoms with E-state index in [1.807, 2.05) is 17.8 Å². The lowest BCUT2D eigenvalue weighted by molar-refractivity contribution is -0.117. The Morgan fingerprint density at radius 2 is 1.87 bits per heavy atom. The van der Waals surface area contributed by atoms with E-state index >= 15 is 0 Å². The van der Waals surface area contributed by atoms with Gasteiger partial charge in [0.1, 0.15) is 0 Å². The predicted molar refractivity (Wildman–Crippen MR) is 97.0 cm³/mol. The summed E-state index contributed by atoms with van der Waals surface area (Å²) in [6.45, 7) is 3.47. The van der Waals surface area contributed by atoms with Gasteiger partial charge in [0, 0.05) is 30.9 Å². The molecule has 0 unspecified atom stereocenters. The van der Waals surface area contributed by atoms with Crippen molar-refractivity contribution in [3.63, 3.8) is 0 Å². The zero-order chi connectivity index (χ0) is 15.9. The molecule has 2 heterocycles. The van der Waals surface area contributed by atoms with E-state index in [4.69, 9.17) is 4.74 Å². The molecular weight excluding hydrogens is 308 g/mol. The van der Waals surface area contributed by atoms with Crippen LogP contribution in [0.5, 0.6) is 0 Å². The molecule has 3 rings (SSSR count). The van der Waals surface area contributed by atoms with Crippen molar-refractivity contribution < 1.29 is 9.53 Å². The average Bonchev–Trinajstić information content (AvgIpc) is 2.62. The topological polar surface area (TPSA) is 41.6 Å². The number of benzene rings is 1. The Morgan fingerprint density at radius 3 is 2.57 bits per heavy atom. The van der Waals surface area contributed by atoms with Gasteiger partial charge in [-0.25, -0.2) is 0 Å². The number of nitrogens with zero attached hydrogens (tertiary/aromatic N) is 1. The van der Waals surface area contributed by atoms with Gasteiger partial charge < -0.3 is 15.0 Å². The zero-order valence-corrected chi connectivity index (χ0v) is 14.2. The first-order valence-corrected chi connectivity index (χ1v) is 9.46. The van der Waals surface area contributed by atoms with Crippen molar-refractivity contribution in [2.24, 2.45) is 0 Å². The van der Waals surface area contributed by atoms with Crippen LogP contribution in [0.1, 0.15) is 18.4 Å². The maximum atomic E-state index is 12.0. The molecule has 4 nitrogen and oxygen atoms in total. The van der Waals surface area contributed by atoms with E-state index in [0.717, 1.165) is 56.2 Å². The van der Waals surface area contributed by atoms with Gasteiger partial charge in [-0.3, -0.25) is 4.79 Å². The van der Waals surface area contributed by atoms with Crippen LogP contribution in [0.25, 0.3) is 6.08 Å². The SMILES string of the molecule is O=C(C=Cc1ccc(N2CCOCC2)cc1)NC1CCSCC1. The number of carbonyl (C=O) groups excluding carboxylic acids is 1. The summed E-state index contributed by atoms with van der Waals surface area (Å²) in [6.07, 6.45) is 5.69. The lowest BCUT2D eigenvalue weighted by Crippen LogP contribution is -2.36. The van der Waals surface area contributed by atoms with Crippen molar-refractivity contribution in [1.29, 1.82) is 0 Å². The molecule has 1 amide bonds. The highest BCUT2D eigenvalue weighted by Crippen LogP contribution is 2.18.